The van der Waals surface area contributed by atoms with Gasteiger partial charge >= 0.3 is 5.97 Å². The van der Waals surface area contributed by atoms with Crippen molar-refractivity contribution in [1.82, 2.24) is 4.90 Å². The Labute approximate surface area is 140 Å². The molecule has 2 fully saturated rings. The molecule has 1 aromatic carbocycles. The minimum absolute atomic E-state index is 0.0434. The van der Waals surface area contributed by atoms with Crippen molar-refractivity contribution in [3.63, 3.8) is 0 Å². The third-order valence-electron chi connectivity index (χ3n) is 4.71. The van der Waals surface area contributed by atoms with Crippen molar-refractivity contribution in [2.75, 3.05) is 42.5 Å². The van der Waals surface area contributed by atoms with Crippen LogP contribution in [0.3, 0.4) is 0 Å². The van der Waals surface area contributed by atoms with Crippen molar-refractivity contribution in [3.05, 3.63) is 24.3 Å². The Hall–Kier alpha value is -2.57. The molecule has 128 valence electrons. The van der Waals surface area contributed by atoms with Crippen LogP contribution in [-0.2, 0) is 14.4 Å². The van der Waals surface area contributed by atoms with Crippen LogP contribution in [0.2, 0.25) is 0 Å². The van der Waals surface area contributed by atoms with Crippen molar-refractivity contribution < 1.29 is 19.5 Å². The number of carboxylic acid groups (broad SMARTS) is 1. The number of carbonyl (C=O) groups is 3. The highest BCUT2D eigenvalue weighted by Crippen LogP contribution is 2.34. The summed E-state index contributed by atoms with van der Waals surface area (Å²) in [6.07, 6.45) is 0.0434. The molecule has 3 rings (SSSR count). The van der Waals surface area contributed by atoms with Gasteiger partial charge in [-0.2, -0.15) is 0 Å². The molecule has 2 aliphatic heterocycles. The zero-order valence-corrected chi connectivity index (χ0v) is 13.6. The number of amides is 2. The molecule has 0 radical (unpaired) electrons. The van der Waals surface area contributed by atoms with Crippen LogP contribution in [0.5, 0.6) is 0 Å². The number of anilines is 2. The van der Waals surface area contributed by atoms with Gasteiger partial charge in [0.05, 0.1) is 17.3 Å². The predicted molar refractivity (Wildman–Crippen MR) is 89.0 cm³/mol. The van der Waals surface area contributed by atoms with Gasteiger partial charge in [-0.25, -0.2) is 0 Å². The van der Waals surface area contributed by atoms with E-state index in [4.69, 9.17) is 5.11 Å². The number of benzene rings is 1. The average molecular weight is 331 g/mol. The Morgan fingerprint density at radius 3 is 2.25 bits per heavy atom. The van der Waals surface area contributed by atoms with Crippen LogP contribution in [0.25, 0.3) is 0 Å². The maximum absolute atomic E-state index is 12.3. The minimum Gasteiger partial charge on any atom is -0.481 e. The molecule has 2 amide bonds. The summed E-state index contributed by atoms with van der Waals surface area (Å²) in [5, 5.41) is 9.17. The summed E-state index contributed by atoms with van der Waals surface area (Å²) in [6, 6.07) is 7.56. The first-order valence-corrected chi connectivity index (χ1v) is 8.10. The number of aliphatic carboxylic acids is 1. The number of rotatable bonds is 3. The monoisotopic (exact) mass is 331 g/mol. The van der Waals surface area contributed by atoms with Crippen molar-refractivity contribution in [3.8, 4) is 0 Å². The Kier molecular flexibility index (Phi) is 4.42. The fraction of sp³-hybridized carbons (Fsp3) is 0.471. The Bertz CT molecular complexity index is 668. The summed E-state index contributed by atoms with van der Waals surface area (Å²) in [6.45, 7) is 4.46. The zero-order chi connectivity index (χ0) is 17.3. The maximum Gasteiger partial charge on any atom is 0.308 e. The van der Waals surface area contributed by atoms with E-state index in [1.54, 1.807) is 16.7 Å². The van der Waals surface area contributed by atoms with E-state index in [2.05, 4.69) is 4.90 Å². The first-order valence-electron chi connectivity index (χ1n) is 8.10. The van der Waals surface area contributed by atoms with Gasteiger partial charge in [-0.05, 0) is 12.1 Å². The molecule has 24 heavy (non-hydrogen) atoms. The van der Waals surface area contributed by atoms with E-state index in [9.17, 15) is 14.4 Å². The highest BCUT2D eigenvalue weighted by atomic mass is 16.4. The first kappa shape index (κ1) is 16.3. The minimum atomic E-state index is -0.932. The summed E-state index contributed by atoms with van der Waals surface area (Å²) >= 11 is 0. The number of hydrogen-bond acceptors (Lipinski definition) is 4. The van der Waals surface area contributed by atoms with Crippen molar-refractivity contribution >= 4 is 29.2 Å². The van der Waals surface area contributed by atoms with Crippen molar-refractivity contribution in [1.29, 1.82) is 0 Å². The zero-order valence-electron chi connectivity index (χ0n) is 13.6. The van der Waals surface area contributed by atoms with Crippen LogP contribution in [0.4, 0.5) is 11.4 Å². The molecular weight excluding hydrogens is 310 g/mol. The van der Waals surface area contributed by atoms with E-state index in [-0.39, 0.29) is 24.8 Å². The summed E-state index contributed by atoms with van der Waals surface area (Å²) in [4.78, 5) is 40.4. The molecule has 2 saturated heterocycles. The van der Waals surface area contributed by atoms with Gasteiger partial charge in [0, 0.05) is 46.1 Å². The smallest absolute Gasteiger partial charge is 0.308 e. The molecule has 1 aromatic rings. The lowest BCUT2D eigenvalue weighted by molar-refractivity contribution is -0.141. The van der Waals surface area contributed by atoms with Gasteiger partial charge < -0.3 is 19.8 Å². The number of piperazine rings is 1. The van der Waals surface area contributed by atoms with Gasteiger partial charge in [0.1, 0.15) is 0 Å². The van der Waals surface area contributed by atoms with E-state index < -0.39 is 11.9 Å². The molecule has 0 saturated carbocycles. The van der Waals surface area contributed by atoms with Gasteiger partial charge in [-0.3, -0.25) is 14.4 Å². The largest absolute Gasteiger partial charge is 0.481 e. The van der Waals surface area contributed by atoms with Gasteiger partial charge in [0.15, 0.2) is 0 Å². The third-order valence-corrected chi connectivity index (χ3v) is 4.71. The standard InChI is InChI=1S/C17H21N3O4/c1-12(21)18-6-8-19(9-7-18)14-4-2-3-5-15(14)20-11-13(17(23)24)10-16(20)22/h2-5,13H,6-11H2,1H3,(H,23,24)/t13-/m0/s1. The summed E-state index contributed by atoms with van der Waals surface area (Å²) in [7, 11) is 0. The van der Waals surface area contributed by atoms with Crippen LogP contribution >= 0.6 is 0 Å². The molecule has 0 spiro atoms. The number of hydrogen-bond donors (Lipinski definition) is 1. The molecule has 2 aliphatic rings. The molecule has 0 bridgehead atoms. The molecular formula is C17H21N3O4. The molecule has 0 unspecified atom stereocenters. The Morgan fingerprint density at radius 1 is 1.08 bits per heavy atom. The number of para-hydroxylation sites is 2. The molecule has 1 N–H and O–H groups in total. The van der Waals surface area contributed by atoms with E-state index >= 15 is 0 Å². The second-order valence-corrected chi connectivity index (χ2v) is 6.23. The van der Waals surface area contributed by atoms with Gasteiger partial charge in [0.25, 0.3) is 0 Å². The van der Waals surface area contributed by atoms with Crippen LogP contribution in [-0.4, -0.2) is 60.5 Å². The second-order valence-electron chi connectivity index (χ2n) is 6.23. The van der Waals surface area contributed by atoms with Crippen LogP contribution < -0.4 is 9.80 Å². The Balaban J connectivity index is 1.81. The van der Waals surface area contributed by atoms with Crippen LogP contribution in [0, 0.1) is 5.92 Å². The molecule has 7 nitrogen and oxygen atoms in total. The molecule has 0 aromatic heterocycles. The van der Waals surface area contributed by atoms with E-state index in [0.29, 0.717) is 26.2 Å². The van der Waals surface area contributed by atoms with Gasteiger partial charge in [-0.1, -0.05) is 12.1 Å². The summed E-state index contributed by atoms with van der Waals surface area (Å²) in [5.41, 5.74) is 1.67. The maximum atomic E-state index is 12.3. The third kappa shape index (κ3) is 3.06. The fourth-order valence-electron chi connectivity index (χ4n) is 3.33. The van der Waals surface area contributed by atoms with E-state index in [1.165, 1.54) is 0 Å². The first-order chi connectivity index (χ1) is 11.5. The van der Waals surface area contributed by atoms with Crippen molar-refractivity contribution in [2.45, 2.75) is 13.3 Å². The number of carbonyl (C=O) groups excluding carboxylic acids is 2. The topological polar surface area (TPSA) is 81.2 Å². The quantitative estimate of drug-likeness (QED) is 0.886. The number of carboxylic acids is 1. The summed E-state index contributed by atoms with van der Waals surface area (Å²) < 4.78 is 0. The lowest BCUT2D eigenvalue weighted by Crippen LogP contribution is -2.48. The lowest BCUT2D eigenvalue weighted by atomic mass is 10.1. The average Bonchev–Trinajstić information content (AvgIpc) is 2.97. The molecule has 2 heterocycles. The highest BCUT2D eigenvalue weighted by Gasteiger charge is 2.36. The van der Waals surface area contributed by atoms with Crippen molar-refractivity contribution in [2.24, 2.45) is 5.92 Å². The fourth-order valence-corrected chi connectivity index (χ4v) is 3.33. The van der Waals surface area contributed by atoms with Crippen LogP contribution in [0.15, 0.2) is 24.3 Å². The number of nitrogens with zero attached hydrogens (tertiary/aromatic N) is 3. The molecule has 7 heteroatoms. The molecule has 1 atom stereocenters. The Morgan fingerprint density at radius 2 is 1.71 bits per heavy atom. The SMILES string of the molecule is CC(=O)N1CCN(c2ccccc2N2C[C@@H](C(=O)O)CC2=O)CC1. The highest BCUT2D eigenvalue weighted by molar-refractivity contribution is 6.01. The molecule has 0 aliphatic carbocycles. The lowest BCUT2D eigenvalue weighted by Gasteiger charge is -2.37. The van der Waals surface area contributed by atoms with E-state index in [1.807, 2.05) is 24.3 Å². The normalized spacial score (nSPS) is 21.3. The van der Waals surface area contributed by atoms with Crippen LogP contribution in [0.1, 0.15) is 13.3 Å². The predicted octanol–water partition coefficient (Wildman–Crippen LogP) is 0.793. The van der Waals surface area contributed by atoms with E-state index in [0.717, 1.165) is 11.4 Å². The van der Waals surface area contributed by atoms with Gasteiger partial charge in [-0.15, -0.1) is 0 Å². The van der Waals surface area contributed by atoms with Gasteiger partial charge in [0.2, 0.25) is 11.8 Å². The summed E-state index contributed by atoms with van der Waals surface area (Å²) in [5.74, 6) is -1.67. The second kappa shape index (κ2) is 6.51.